The molecule has 1 unspecified atom stereocenters. The predicted octanol–water partition coefficient (Wildman–Crippen LogP) is -0.0744. The molecule has 0 aromatic carbocycles. The summed E-state index contributed by atoms with van der Waals surface area (Å²) < 4.78 is 34.9. The molecule has 0 aromatic heterocycles. The average molecular weight is 252 g/mol. The molecule has 0 aliphatic carbocycles. The highest BCUT2D eigenvalue weighted by Gasteiger charge is 2.29. The molecule has 0 aromatic rings. The van der Waals surface area contributed by atoms with Crippen molar-refractivity contribution in [1.82, 2.24) is 9.62 Å². The van der Waals surface area contributed by atoms with Crippen LogP contribution in [-0.2, 0) is 19.2 Å². The molecule has 0 radical (unpaired) electrons. The average Bonchev–Trinajstić information content (AvgIpc) is 2.27. The summed E-state index contributed by atoms with van der Waals surface area (Å²) in [5.74, 6) is 0. The van der Waals surface area contributed by atoms with Crippen LogP contribution in [0.25, 0.3) is 0 Å². The summed E-state index contributed by atoms with van der Waals surface area (Å²) in [5.41, 5.74) is 0. The molecule has 1 heterocycles. The van der Waals surface area contributed by atoms with Crippen molar-refractivity contribution in [3.63, 3.8) is 0 Å². The first-order valence-corrected chi connectivity index (χ1v) is 6.96. The van der Waals surface area contributed by atoms with Gasteiger partial charge in [0.2, 0.25) is 0 Å². The molecule has 16 heavy (non-hydrogen) atoms. The number of piperazine rings is 1. The van der Waals surface area contributed by atoms with Gasteiger partial charge < -0.3 is 4.74 Å². The van der Waals surface area contributed by atoms with E-state index < -0.39 is 10.3 Å². The van der Waals surface area contributed by atoms with Gasteiger partial charge in [0.05, 0.1) is 13.2 Å². The van der Waals surface area contributed by atoms with E-state index in [1.54, 1.807) is 0 Å². The second-order valence-electron chi connectivity index (χ2n) is 3.54. The lowest BCUT2D eigenvalue weighted by Gasteiger charge is -2.31. The summed E-state index contributed by atoms with van der Waals surface area (Å²) in [6.45, 7) is 5.85. The van der Waals surface area contributed by atoms with Gasteiger partial charge in [-0.3, -0.25) is 9.50 Å². The molecule has 1 aliphatic rings. The van der Waals surface area contributed by atoms with Crippen molar-refractivity contribution in [3.8, 4) is 0 Å². The molecule has 1 fully saturated rings. The lowest BCUT2D eigenvalue weighted by atomic mass is 10.4. The largest absolute Gasteiger partial charge is 0.362 e. The normalized spacial score (nSPS) is 23.5. The zero-order valence-electron chi connectivity index (χ0n) is 9.81. The van der Waals surface area contributed by atoms with Gasteiger partial charge in [0.25, 0.3) is 0 Å². The van der Waals surface area contributed by atoms with Gasteiger partial charge in [0.1, 0.15) is 6.23 Å². The smallest absolute Gasteiger partial charge is 0.338 e. The maximum Gasteiger partial charge on any atom is 0.338 e. The Balaban J connectivity index is 2.52. The lowest BCUT2D eigenvalue weighted by molar-refractivity contribution is 0.00816. The first kappa shape index (κ1) is 13.9. The second-order valence-corrected chi connectivity index (χ2v) is 5.14. The van der Waals surface area contributed by atoms with Crippen molar-refractivity contribution in [2.45, 2.75) is 26.5 Å². The third-order valence-corrected chi connectivity index (χ3v) is 3.65. The molecule has 1 rings (SSSR count). The fraction of sp³-hybridized carbons (Fsp3) is 1.00. The first-order chi connectivity index (χ1) is 7.60. The zero-order chi connectivity index (χ0) is 12.0. The van der Waals surface area contributed by atoms with E-state index >= 15 is 0 Å². The maximum absolute atomic E-state index is 11.7. The number of ether oxygens (including phenoxy) is 1. The molecule has 1 aliphatic heterocycles. The summed E-state index contributed by atoms with van der Waals surface area (Å²) in [7, 11) is -3.58. The van der Waals surface area contributed by atoms with Crippen LogP contribution in [0.1, 0.15) is 20.3 Å². The van der Waals surface area contributed by atoms with Crippen molar-refractivity contribution < 1.29 is 17.3 Å². The Morgan fingerprint density at radius 2 is 2.19 bits per heavy atom. The maximum atomic E-state index is 11.7. The molecule has 6 nitrogen and oxygen atoms in total. The Labute approximate surface area is 97.2 Å². The SMILES string of the molecule is CCCOS(=O)(=O)N1CCNC(OCC)C1. The highest BCUT2D eigenvalue weighted by Crippen LogP contribution is 2.09. The molecule has 1 N–H and O–H groups in total. The standard InChI is InChI=1S/C9H20N2O4S/c1-3-7-15-16(12,13)11-6-5-10-9(8-11)14-4-2/h9-10H,3-8H2,1-2H3. The Bertz CT molecular complexity index is 292. The minimum Gasteiger partial charge on any atom is -0.362 e. The van der Waals surface area contributed by atoms with Crippen LogP contribution in [0.5, 0.6) is 0 Å². The Kier molecular flexibility index (Phi) is 5.63. The van der Waals surface area contributed by atoms with Crippen LogP contribution in [0.3, 0.4) is 0 Å². The zero-order valence-corrected chi connectivity index (χ0v) is 10.6. The van der Waals surface area contributed by atoms with Crippen LogP contribution in [0.15, 0.2) is 0 Å². The molecule has 1 saturated heterocycles. The van der Waals surface area contributed by atoms with E-state index in [0.29, 0.717) is 32.7 Å². The molecule has 0 amide bonds. The van der Waals surface area contributed by atoms with Gasteiger partial charge in [-0.2, -0.15) is 12.7 Å². The van der Waals surface area contributed by atoms with Gasteiger partial charge in [-0.15, -0.1) is 0 Å². The molecular weight excluding hydrogens is 232 g/mol. The highest BCUT2D eigenvalue weighted by atomic mass is 32.2. The van der Waals surface area contributed by atoms with Gasteiger partial charge in [-0.25, -0.2) is 0 Å². The van der Waals surface area contributed by atoms with Crippen LogP contribution in [0.2, 0.25) is 0 Å². The summed E-state index contributed by atoms with van der Waals surface area (Å²) in [6.07, 6.45) is 0.443. The first-order valence-electron chi connectivity index (χ1n) is 5.59. The van der Waals surface area contributed by atoms with Crippen LogP contribution >= 0.6 is 0 Å². The summed E-state index contributed by atoms with van der Waals surface area (Å²) in [6, 6.07) is 0. The van der Waals surface area contributed by atoms with E-state index in [-0.39, 0.29) is 12.8 Å². The van der Waals surface area contributed by atoms with E-state index in [0.717, 1.165) is 0 Å². The van der Waals surface area contributed by atoms with Crippen LogP contribution < -0.4 is 5.32 Å². The van der Waals surface area contributed by atoms with Crippen molar-refractivity contribution >= 4 is 10.3 Å². The van der Waals surface area contributed by atoms with Crippen molar-refractivity contribution in [2.75, 3.05) is 32.8 Å². The van der Waals surface area contributed by atoms with Gasteiger partial charge in [0.15, 0.2) is 0 Å². The minimum atomic E-state index is -3.58. The van der Waals surface area contributed by atoms with Crippen molar-refractivity contribution in [3.05, 3.63) is 0 Å². The van der Waals surface area contributed by atoms with E-state index in [1.807, 2.05) is 13.8 Å². The molecule has 1 atom stereocenters. The van der Waals surface area contributed by atoms with E-state index in [4.69, 9.17) is 8.92 Å². The van der Waals surface area contributed by atoms with Gasteiger partial charge in [-0.1, -0.05) is 6.92 Å². The van der Waals surface area contributed by atoms with Crippen molar-refractivity contribution in [1.29, 1.82) is 0 Å². The predicted molar refractivity (Wildman–Crippen MR) is 60.2 cm³/mol. The van der Waals surface area contributed by atoms with Crippen LogP contribution in [0.4, 0.5) is 0 Å². The van der Waals surface area contributed by atoms with Gasteiger partial charge in [0, 0.05) is 19.7 Å². The third kappa shape index (κ3) is 3.99. The van der Waals surface area contributed by atoms with Gasteiger partial charge in [-0.05, 0) is 13.3 Å². The molecule has 96 valence electrons. The number of nitrogens with one attached hydrogen (secondary N) is 1. The number of hydrogen-bond donors (Lipinski definition) is 1. The third-order valence-electron chi connectivity index (χ3n) is 2.22. The molecule has 0 bridgehead atoms. The fourth-order valence-electron chi connectivity index (χ4n) is 1.47. The molecule has 0 saturated carbocycles. The fourth-order valence-corrected chi connectivity index (χ4v) is 2.63. The number of hydrogen-bond acceptors (Lipinski definition) is 5. The Morgan fingerprint density at radius 3 is 2.81 bits per heavy atom. The molecular formula is C9H20N2O4S. The van der Waals surface area contributed by atoms with E-state index in [2.05, 4.69) is 5.32 Å². The molecule has 7 heteroatoms. The Hall–Kier alpha value is -0.210. The molecule has 0 spiro atoms. The number of rotatable bonds is 6. The van der Waals surface area contributed by atoms with Crippen LogP contribution in [0, 0.1) is 0 Å². The van der Waals surface area contributed by atoms with E-state index in [1.165, 1.54) is 4.31 Å². The second kappa shape index (κ2) is 6.51. The summed E-state index contributed by atoms with van der Waals surface area (Å²) in [5, 5.41) is 3.09. The van der Waals surface area contributed by atoms with E-state index in [9.17, 15) is 8.42 Å². The number of nitrogens with zero attached hydrogens (tertiary/aromatic N) is 1. The van der Waals surface area contributed by atoms with Crippen LogP contribution in [-0.4, -0.2) is 51.8 Å². The Morgan fingerprint density at radius 1 is 1.44 bits per heavy atom. The summed E-state index contributed by atoms with van der Waals surface area (Å²) >= 11 is 0. The minimum absolute atomic E-state index is 0.228. The van der Waals surface area contributed by atoms with Gasteiger partial charge >= 0.3 is 10.3 Å². The quantitative estimate of drug-likeness (QED) is 0.716. The monoisotopic (exact) mass is 252 g/mol. The van der Waals surface area contributed by atoms with Crippen molar-refractivity contribution in [2.24, 2.45) is 0 Å². The highest BCUT2D eigenvalue weighted by molar-refractivity contribution is 7.84. The summed E-state index contributed by atoms with van der Waals surface area (Å²) in [4.78, 5) is 0. The topological polar surface area (TPSA) is 67.9 Å². The lowest BCUT2D eigenvalue weighted by Crippen LogP contribution is -2.53.